The minimum Gasteiger partial charge on any atom is -0.309 e. The fourth-order valence-electron chi connectivity index (χ4n) is 19.3. The molecule has 0 N–H and O–H groups in total. The summed E-state index contributed by atoms with van der Waals surface area (Å²) in [5.41, 5.74) is 30.5. The minimum absolute atomic E-state index is 0.0386. The normalized spacial score (nSPS) is 15.4. The molecule has 4 aromatic heterocycles. The van der Waals surface area contributed by atoms with Gasteiger partial charge in [-0.3, -0.25) is 4.57 Å². The van der Waals surface area contributed by atoms with Crippen LogP contribution in [0.1, 0.15) is 81.3 Å². The van der Waals surface area contributed by atoms with E-state index in [2.05, 4.69) is 331 Å². The minimum atomic E-state index is -0.581. The molecule has 0 saturated carbocycles. The lowest BCUT2D eigenvalue weighted by atomic mass is 9.70. The Labute approximate surface area is 611 Å². The van der Waals surface area contributed by atoms with Crippen LogP contribution >= 0.6 is 0 Å². The number of hydrogen-bond donors (Lipinski definition) is 0. The predicted octanol–water partition coefficient (Wildman–Crippen LogP) is 22.9. The second kappa shape index (κ2) is 22.5. The van der Waals surface area contributed by atoms with Gasteiger partial charge in [0, 0.05) is 61.0 Å². The van der Waals surface area contributed by atoms with E-state index in [1.54, 1.807) is 0 Å². The van der Waals surface area contributed by atoms with Gasteiger partial charge in [0.1, 0.15) is 5.82 Å². The van der Waals surface area contributed by atoms with Crippen LogP contribution in [-0.2, 0) is 10.8 Å². The summed E-state index contributed by atoms with van der Waals surface area (Å²) in [5, 5.41) is 4.52. The second-order valence-electron chi connectivity index (χ2n) is 28.9. The van der Waals surface area contributed by atoms with E-state index < -0.39 is 10.8 Å². The SMILES string of the molecule is C1=CCCC(c2nc(-c3cccc(-n4c5ccc(-c6ccc7c(c6)c6ccc8c(c6n7-c6nc(-c7ccccc7)nc(-c7ccccc7)n6)-c6ccccc6C86c7ccccc7-c7ccccc76)cc5c5ccc6c(c54)-c4ccccc4C64c5ccccc5-c5ccccc54)c3)nc(C3C=CC=CC3)n2)=C1. The van der Waals surface area contributed by atoms with Crippen molar-refractivity contribution >= 4 is 49.2 Å². The molecule has 0 fully saturated rings. The molecular formula is C98H62N8. The summed E-state index contributed by atoms with van der Waals surface area (Å²) in [6, 6.07) is 108. The molecule has 0 bridgehead atoms. The second-order valence-corrected chi connectivity index (χ2v) is 28.9. The maximum Gasteiger partial charge on any atom is 0.238 e. The summed E-state index contributed by atoms with van der Waals surface area (Å²) >= 11 is 0. The van der Waals surface area contributed by atoms with Crippen molar-refractivity contribution in [3.63, 3.8) is 0 Å². The highest BCUT2D eigenvalue weighted by Crippen LogP contribution is 2.66. The fourth-order valence-corrected chi connectivity index (χ4v) is 19.3. The average Bonchev–Trinajstić information content (AvgIpc) is 1.50. The lowest BCUT2D eigenvalue weighted by molar-refractivity contribution is 0.754. The van der Waals surface area contributed by atoms with E-state index in [4.69, 9.17) is 29.9 Å². The average molecular weight is 1350 g/mol. The molecule has 4 heterocycles. The van der Waals surface area contributed by atoms with Gasteiger partial charge >= 0.3 is 0 Å². The largest absolute Gasteiger partial charge is 0.309 e. The molecular weight excluding hydrogens is 1290 g/mol. The van der Waals surface area contributed by atoms with Gasteiger partial charge in [-0.05, 0) is 150 Å². The van der Waals surface area contributed by atoms with Crippen molar-refractivity contribution in [2.45, 2.75) is 36.0 Å². The van der Waals surface area contributed by atoms with E-state index in [9.17, 15) is 0 Å². The Hall–Kier alpha value is -13.6. The molecule has 0 amide bonds. The maximum absolute atomic E-state index is 5.56. The third-order valence-electron chi connectivity index (χ3n) is 23.6. The number of rotatable bonds is 8. The summed E-state index contributed by atoms with van der Waals surface area (Å²) in [5.74, 6) is 3.99. The van der Waals surface area contributed by atoms with Crippen LogP contribution in [0, 0.1) is 0 Å². The molecule has 0 aliphatic heterocycles. The summed E-state index contributed by atoms with van der Waals surface area (Å²) in [6.45, 7) is 0. The number of benzene rings is 13. The van der Waals surface area contributed by atoms with Crippen LogP contribution < -0.4 is 0 Å². The number of aromatic nitrogens is 8. The number of nitrogens with zero attached hydrogens (tertiary/aromatic N) is 8. The molecule has 6 aliphatic carbocycles. The van der Waals surface area contributed by atoms with Crippen molar-refractivity contribution in [1.82, 2.24) is 39.0 Å². The molecule has 0 radical (unpaired) electrons. The van der Waals surface area contributed by atoms with Crippen LogP contribution in [0.3, 0.4) is 0 Å². The van der Waals surface area contributed by atoms with Crippen LogP contribution in [0.5, 0.6) is 0 Å². The van der Waals surface area contributed by atoms with Crippen molar-refractivity contribution in [3.05, 3.63) is 390 Å². The third kappa shape index (κ3) is 8.12. The first-order chi connectivity index (χ1) is 52.6. The molecule has 8 nitrogen and oxygen atoms in total. The molecule has 494 valence electrons. The van der Waals surface area contributed by atoms with Crippen molar-refractivity contribution in [1.29, 1.82) is 0 Å². The Morgan fingerprint density at radius 3 is 1.27 bits per heavy atom. The lowest BCUT2D eigenvalue weighted by Crippen LogP contribution is -2.25. The van der Waals surface area contributed by atoms with Crippen LogP contribution in [0.25, 0.3) is 151 Å². The van der Waals surface area contributed by atoms with Gasteiger partial charge in [0.25, 0.3) is 0 Å². The lowest BCUT2D eigenvalue weighted by Gasteiger charge is -2.30. The van der Waals surface area contributed by atoms with Crippen LogP contribution in [0.4, 0.5) is 0 Å². The third-order valence-corrected chi connectivity index (χ3v) is 23.6. The molecule has 1 unspecified atom stereocenters. The standard InChI is InChI=1S/C98H62N8/c1-5-26-59(27-6-1)91-99-92(60-28-7-2-8-29-60)101-95(100-91)65-34-25-35-66(56-65)105-85-54-48-63(57-75(85)71-50-52-83-87(89(71)105)73-40-17-23-46-81(73)97(83)77-42-19-13-36-67(77)68-37-14-20-43-78(68)97)64-49-55-86-76(58-64)72-51-53-84-88(74-41-18-24-47-82(74)98(84)79-44-21-15-38-69(79)70-39-16-22-45-80(70)98)90(72)106(86)96-103-93(61-30-9-3-10-31-61)102-94(104-96)62-32-11-4-12-33-62/h1-7,9-26,28,30-59H,8,27,29H2. The molecule has 6 aliphatic rings. The molecule has 106 heavy (non-hydrogen) atoms. The predicted molar refractivity (Wildman–Crippen MR) is 428 cm³/mol. The summed E-state index contributed by atoms with van der Waals surface area (Å²) in [7, 11) is 0. The monoisotopic (exact) mass is 1350 g/mol. The van der Waals surface area contributed by atoms with Crippen molar-refractivity contribution in [2.75, 3.05) is 0 Å². The molecule has 1 atom stereocenters. The Morgan fingerprint density at radius 2 is 0.764 bits per heavy atom. The highest BCUT2D eigenvalue weighted by Gasteiger charge is 2.54. The zero-order chi connectivity index (χ0) is 69.3. The maximum atomic E-state index is 5.56. The zero-order valence-electron chi connectivity index (χ0n) is 57.5. The molecule has 13 aromatic carbocycles. The van der Waals surface area contributed by atoms with Crippen LogP contribution in [-0.4, -0.2) is 39.0 Å². The fraction of sp³-hybridized carbons (Fsp3) is 0.0612. The highest BCUT2D eigenvalue weighted by atomic mass is 15.2. The Kier molecular flexibility index (Phi) is 12.5. The van der Waals surface area contributed by atoms with E-state index in [1.807, 2.05) is 12.1 Å². The van der Waals surface area contributed by atoms with E-state index >= 15 is 0 Å². The molecule has 17 aromatic rings. The van der Waals surface area contributed by atoms with E-state index in [0.29, 0.717) is 23.4 Å². The number of allylic oxidation sites excluding steroid dienone is 8. The van der Waals surface area contributed by atoms with E-state index in [-0.39, 0.29) is 5.92 Å². The number of hydrogen-bond acceptors (Lipinski definition) is 6. The van der Waals surface area contributed by atoms with Gasteiger partial charge in [0.15, 0.2) is 23.3 Å². The van der Waals surface area contributed by atoms with Crippen LogP contribution in [0.15, 0.2) is 334 Å². The summed E-state index contributed by atoms with van der Waals surface area (Å²) in [4.78, 5) is 32.3. The van der Waals surface area contributed by atoms with Crippen LogP contribution in [0.2, 0.25) is 0 Å². The van der Waals surface area contributed by atoms with Crippen molar-refractivity contribution in [2.24, 2.45) is 0 Å². The molecule has 0 saturated heterocycles. The molecule has 8 heteroatoms. The Bertz CT molecular complexity index is 6670. The highest BCUT2D eigenvalue weighted by molar-refractivity contribution is 6.20. The smallest absolute Gasteiger partial charge is 0.238 e. The molecule has 2 spiro atoms. The Balaban J connectivity index is 0.777. The van der Waals surface area contributed by atoms with Gasteiger partial charge in [-0.15, -0.1) is 0 Å². The van der Waals surface area contributed by atoms with Gasteiger partial charge in [0.05, 0.1) is 32.9 Å². The van der Waals surface area contributed by atoms with Crippen molar-refractivity contribution in [3.8, 4) is 101 Å². The van der Waals surface area contributed by atoms with Gasteiger partial charge in [-0.25, -0.2) is 19.9 Å². The molecule has 23 rings (SSSR count). The van der Waals surface area contributed by atoms with Crippen molar-refractivity contribution < 1.29 is 0 Å². The van der Waals surface area contributed by atoms with Gasteiger partial charge < -0.3 is 4.57 Å². The van der Waals surface area contributed by atoms with E-state index in [0.717, 1.165) is 108 Å². The summed E-state index contributed by atoms with van der Waals surface area (Å²) in [6.07, 6.45) is 17.8. The quantitative estimate of drug-likeness (QED) is 0.151. The zero-order valence-corrected chi connectivity index (χ0v) is 57.5. The van der Waals surface area contributed by atoms with Gasteiger partial charge in [-0.2, -0.15) is 9.97 Å². The Morgan fingerprint density at radius 1 is 0.311 bits per heavy atom. The van der Waals surface area contributed by atoms with E-state index in [1.165, 1.54) is 94.4 Å². The first-order valence-corrected chi connectivity index (χ1v) is 36.8. The topological polar surface area (TPSA) is 87.2 Å². The first kappa shape index (κ1) is 59.0. The van der Waals surface area contributed by atoms with Gasteiger partial charge in [-0.1, -0.05) is 297 Å². The number of fused-ring (bicyclic) bond motifs is 28. The summed E-state index contributed by atoms with van der Waals surface area (Å²) < 4.78 is 4.89. The van der Waals surface area contributed by atoms with Gasteiger partial charge in [0.2, 0.25) is 5.95 Å². The first-order valence-electron chi connectivity index (χ1n) is 36.8.